The minimum absolute atomic E-state index is 0.0884. The van der Waals surface area contributed by atoms with Crippen molar-refractivity contribution < 1.29 is 14.3 Å². The van der Waals surface area contributed by atoms with Crippen molar-refractivity contribution in [2.45, 2.75) is 23.5 Å². The third-order valence-electron chi connectivity index (χ3n) is 4.51. The highest BCUT2D eigenvalue weighted by Crippen LogP contribution is 2.43. The Morgan fingerprint density at radius 2 is 1.72 bits per heavy atom. The molecular formula is C24H25NO3S. The molecule has 4 nitrogen and oxygen atoms in total. The first-order chi connectivity index (χ1) is 14.1. The van der Waals surface area contributed by atoms with Crippen molar-refractivity contribution >= 4 is 23.2 Å². The Hall–Kier alpha value is -2.92. The molecule has 29 heavy (non-hydrogen) atoms. The van der Waals surface area contributed by atoms with Gasteiger partial charge >= 0.3 is 0 Å². The van der Waals surface area contributed by atoms with Crippen LogP contribution in [-0.4, -0.2) is 19.5 Å². The number of carbonyl (C=O) groups is 1. The molecule has 0 unspecified atom stereocenters. The van der Waals surface area contributed by atoms with E-state index in [2.05, 4.69) is 0 Å². The van der Waals surface area contributed by atoms with Crippen molar-refractivity contribution in [2.75, 3.05) is 19.5 Å². The number of anilines is 1. The number of thioether (sulfide) groups is 1. The number of para-hydroxylation sites is 1. The molecule has 0 aliphatic heterocycles. The van der Waals surface area contributed by atoms with Crippen molar-refractivity contribution in [3.8, 4) is 11.5 Å². The molecule has 3 aromatic rings. The number of hydrogen-bond acceptors (Lipinski definition) is 5. The number of benzene rings is 3. The maximum Gasteiger partial charge on any atom is 0.164 e. The van der Waals surface area contributed by atoms with E-state index in [1.807, 2.05) is 79.7 Å². The van der Waals surface area contributed by atoms with Crippen molar-refractivity contribution in [1.82, 2.24) is 0 Å². The van der Waals surface area contributed by atoms with Crippen LogP contribution in [0.25, 0.3) is 0 Å². The fourth-order valence-electron chi connectivity index (χ4n) is 3.04. The van der Waals surface area contributed by atoms with Gasteiger partial charge in [-0.05, 0) is 36.8 Å². The van der Waals surface area contributed by atoms with E-state index >= 15 is 0 Å². The van der Waals surface area contributed by atoms with Gasteiger partial charge in [0.25, 0.3) is 0 Å². The predicted molar refractivity (Wildman–Crippen MR) is 119 cm³/mol. The van der Waals surface area contributed by atoms with Crippen LogP contribution >= 0.6 is 11.8 Å². The zero-order valence-electron chi connectivity index (χ0n) is 16.6. The highest BCUT2D eigenvalue weighted by atomic mass is 32.2. The van der Waals surface area contributed by atoms with Crippen molar-refractivity contribution in [2.24, 2.45) is 0 Å². The van der Waals surface area contributed by atoms with E-state index < -0.39 is 0 Å². The summed E-state index contributed by atoms with van der Waals surface area (Å²) in [5.74, 6) is 1.43. The lowest BCUT2D eigenvalue weighted by Gasteiger charge is -2.19. The highest BCUT2D eigenvalue weighted by molar-refractivity contribution is 7.99. The van der Waals surface area contributed by atoms with E-state index in [4.69, 9.17) is 15.2 Å². The van der Waals surface area contributed by atoms with Crippen LogP contribution in [0.3, 0.4) is 0 Å². The van der Waals surface area contributed by atoms with Crippen LogP contribution in [0.1, 0.15) is 34.5 Å². The molecule has 5 heteroatoms. The normalized spacial score (nSPS) is 11.7. The average Bonchev–Trinajstić information content (AvgIpc) is 2.76. The van der Waals surface area contributed by atoms with Gasteiger partial charge in [0.05, 0.1) is 13.7 Å². The Balaban J connectivity index is 1.94. The van der Waals surface area contributed by atoms with E-state index in [1.54, 1.807) is 18.9 Å². The zero-order chi connectivity index (χ0) is 20.6. The molecule has 1 atom stereocenters. The first-order valence-electron chi connectivity index (χ1n) is 9.52. The maximum atomic E-state index is 12.9. The molecule has 3 rings (SSSR count). The van der Waals surface area contributed by atoms with Crippen LogP contribution in [-0.2, 0) is 0 Å². The average molecular weight is 408 g/mol. The largest absolute Gasteiger partial charge is 0.493 e. The number of Topliss-reactive ketones (excluding diaryl/α,β-unsaturated/α-hetero) is 1. The topological polar surface area (TPSA) is 61.5 Å². The lowest BCUT2D eigenvalue weighted by atomic mass is 10.0. The molecule has 0 aromatic heterocycles. The summed E-state index contributed by atoms with van der Waals surface area (Å²) >= 11 is 1.59. The van der Waals surface area contributed by atoms with Gasteiger partial charge < -0.3 is 15.2 Å². The molecule has 0 saturated carbocycles. The Kier molecular flexibility index (Phi) is 7.19. The number of ketones is 1. The molecule has 0 fully saturated rings. The molecule has 0 amide bonds. The second-order valence-electron chi connectivity index (χ2n) is 6.48. The van der Waals surface area contributed by atoms with Crippen molar-refractivity contribution in [3.63, 3.8) is 0 Å². The minimum Gasteiger partial charge on any atom is -0.493 e. The number of carbonyl (C=O) groups excluding carboxylic acids is 1. The molecule has 150 valence electrons. The number of ether oxygens (including phenoxy) is 2. The summed E-state index contributed by atoms with van der Waals surface area (Å²) in [5.41, 5.74) is 8.55. The van der Waals surface area contributed by atoms with Gasteiger partial charge in [-0.3, -0.25) is 4.79 Å². The first kappa shape index (κ1) is 20.8. The smallest absolute Gasteiger partial charge is 0.164 e. The third kappa shape index (κ3) is 5.33. The molecule has 0 saturated heterocycles. The summed E-state index contributed by atoms with van der Waals surface area (Å²) in [7, 11) is 1.62. The summed E-state index contributed by atoms with van der Waals surface area (Å²) < 4.78 is 11.1. The van der Waals surface area contributed by atoms with E-state index in [-0.39, 0.29) is 11.0 Å². The summed E-state index contributed by atoms with van der Waals surface area (Å²) in [6.45, 7) is 2.49. The van der Waals surface area contributed by atoms with Gasteiger partial charge in [0.15, 0.2) is 17.3 Å². The van der Waals surface area contributed by atoms with E-state index in [0.29, 0.717) is 35.8 Å². The van der Waals surface area contributed by atoms with E-state index in [0.717, 1.165) is 10.5 Å². The van der Waals surface area contributed by atoms with Gasteiger partial charge in [0.2, 0.25) is 0 Å². The Labute approximate surface area is 176 Å². The number of hydrogen-bond donors (Lipinski definition) is 1. The quantitative estimate of drug-likeness (QED) is 0.277. The van der Waals surface area contributed by atoms with Crippen molar-refractivity contribution in [3.05, 3.63) is 83.9 Å². The fraction of sp³-hybridized carbons (Fsp3) is 0.208. The second kappa shape index (κ2) is 10.0. The van der Waals surface area contributed by atoms with Gasteiger partial charge in [-0.15, -0.1) is 11.8 Å². The predicted octanol–water partition coefficient (Wildman–Crippen LogP) is 5.78. The number of nitrogens with two attached hydrogens (primary N) is 1. The monoisotopic (exact) mass is 407 g/mol. The SMILES string of the molecule is CCOc1ccc([C@@H](CC(=O)c2ccccc2)Sc2ccccc2N)cc1OC. The molecule has 0 heterocycles. The summed E-state index contributed by atoms with van der Waals surface area (Å²) in [4.78, 5) is 13.9. The highest BCUT2D eigenvalue weighted by Gasteiger charge is 2.21. The zero-order valence-corrected chi connectivity index (χ0v) is 17.4. The maximum absolute atomic E-state index is 12.9. The van der Waals surface area contributed by atoms with E-state index in [1.165, 1.54) is 0 Å². The molecule has 2 N–H and O–H groups in total. The van der Waals surface area contributed by atoms with Crippen LogP contribution in [0.4, 0.5) is 5.69 Å². The van der Waals surface area contributed by atoms with Gasteiger partial charge in [0.1, 0.15) is 0 Å². The third-order valence-corrected chi connectivity index (χ3v) is 5.86. The molecule has 3 aromatic carbocycles. The van der Waals surface area contributed by atoms with Crippen molar-refractivity contribution in [1.29, 1.82) is 0 Å². The summed E-state index contributed by atoms with van der Waals surface area (Å²) in [5, 5.41) is -0.114. The first-order valence-corrected chi connectivity index (χ1v) is 10.4. The molecule has 0 radical (unpaired) electrons. The Morgan fingerprint density at radius 1 is 1.00 bits per heavy atom. The Bertz CT molecular complexity index is 959. The lowest BCUT2D eigenvalue weighted by Crippen LogP contribution is -2.06. The minimum atomic E-state index is -0.114. The van der Waals surface area contributed by atoms with Gasteiger partial charge in [0, 0.05) is 27.8 Å². The van der Waals surface area contributed by atoms with Crippen LogP contribution in [0, 0.1) is 0 Å². The lowest BCUT2D eigenvalue weighted by molar-refractivity contribution is 0.0982. The molecule has 0 aliphatic carbocycles. The van der Waals surface area contributed by atoms with Gasteiger partial charge in [-0.1, -0.05) is 48.5 Å². The Morgan fingerprint density at radius 3 is 2.41 bits per heavy atom. The van der Waals surface area contributed by atoms with Gasteiger partial charge in [-0.25, -0.2) is 0 Å². The second-order valence-corrected chi connectivity index (χ2v) is 7.73. The van der Waals surface area contributed by atoms with Crippen LogP contribution in [0.2, 0.25) is 0 Å². The standard InChI is InChI=1S/C24H25NO3S/c1-3-28-21-14-13-18(15-22(21)27-2)24(29-23-12-8-7-11-19(23)25)16-20(26)17-9-5-4-6-10-17/h4-15,24H,3,16,25H2,1-2H3/t24-/m1/s1. The summed E-state index contributed by atoms with van der Waals surface area (Å²) in [6, 6.07) is 22.9. The van der Waals surface area contributed by atoms with E-state index in [9.17, 15) is 4.79 Å². The number of rotatable bonds is 9. The van der Waals surface area contributed by atoms with Crippen LogP contribution < -0.4 is 15.2 Å². The molecule has 0 spiro atoms. The van der Waals surface area contributed by atoms with Crippen LogP contribution in [0.5, 0.6) is 11.5 Å². The molecular weight excluding hydrogens is 382 g/mol. The van der Waals surface area contributed by atoms with Crippen LogP contribution in [0.15, 0.2) is 77.7 Å². The number of methoxy groups -OCH3 is 1. The molecule has 0 bridgehead atoms. The number of nitrogen functional groups attached to an aromatic ring is 1. The summed E-state index contributed by atoms with van der Waals surface area (Å²) in [6.07, 6.45) is 0.347. The van der Waals surface area contributed by atoms with Gasteiger partial charge in [-0.2, -0.15) is 0 Å². The fourth-order valence-corrected chi connectivity index (χ4v) is 4.22. The molecule has 0 aliphatic rings.